The van der Waals surface area contributed by atoms with Gasteiger partial charge in [-0.2, -0.15) is 0 Å². The van der Waals surface area contributed by atoms with E-state index in [1.54, 1.807) is 12.1 Å². The van der Waals surface area contributed by atoms with E-state index < -0.39 is 16.1 Å². The van der Waals surface area contributed by atoms with Gasteiger partial charge in [0.25, 0.3) is 0 Å². The number of halogens is 1. The van der Waals surface area contributed by atoms with Crippen LogP contribution in [0.3, 0.4) is 0 Å². The second kappa shape index (κ2) is 6.83. The summed E-state index contributed by atoms with van der Waals surface area (Å²) in [5.41, 5.74) is 0.688. The van der Waals surface area contributed by atoms with E-state index in [1.807, 2.05) is 0 Å². The van der Waals surface area contributed by atoms with Gasteiger partial charge in [-0.25, -0.2) is 17.5 Å². The highest BCUT2D eigenvalue weighted by molar-refractivity contribution is 7.88. The lowest BCUT2D eigenvalue weighted by Crippen LogP contribution is -2.45. The summed E-state index contributed by atoms with van der Waals surface area (Å²) in [6.45, 7) is 1.92. The minimum absolute atomic E-state index is 0.0285. The van der Waals surface area contributed by atoms with Gasteiger partial charge in [0, 0.05) is 12.6 Å². The van der Waals surface area contributed by atoms with Gasteiger partial charge < -0.3 is 10.0 Å². The Morgan fingerprint density at radius 3 is 2.43 bits per heavy atom. The largest absolute Gasteiger partial charge is 0.387 e. The van der Waals surface area contributed by atoms with Gasteiger partial charge >= 0.3 is 0 Å². The topological polar surface area (TPSA) is 69.6 Å². The molecule has 5 nitrogen and oxygen atoms in total. The fourth-order valence-corrected chi connectivity index (χ4v) is 3.41. The summed E-state index contributed by atoms with van der Waals surface area (Å²) in [4.78, 5) is 2.09. The van der Waals surface area contributed by atoms with Gasteiger partial charge in [0.2, 0.25) is 10.0 Å². The first-order chi connectivity index (χ1) is 9.83. The summed E-state index contributed by atoms with van der Waals surface area (Å²) < 4.78 is 37.8. The number of rotatable bonds is 5. The number of aliphatic hydroxyl groups excluding tert-OH is 1. The van der Waals surface area contributed by atoms with Crippen LogP contribution in [0.2, 0.25) is 0 Å². The van der Waals surface area contributed by atoms with Crippen molar-refractivity contribution >= 4 is 10.0 Å². The first-order valence-corrected chi connectivity index (χ1v) is 8.86. The van der Waals surface area contributed by atoms with Crippen LogP contribution in [0.4, 0.5) is 4.39 Å². The molecule has 7 heteroatoms. The third-order valence-electron chi connectivity index (χ3n) is 3.65. The Kier molecular flexibility index (Phi) is 5.32. The van der Waals surface area contributed by atoms with Crippen LogP contribution in [0, 0.1) is 5.82 Å². The standard InChI is InChI=1S/C14H21FN2O3S/c1-21(19,20)16-13-6-8-17(9-7-13)10-14(18)11-2-4-12(15)5-3-11/h2-5,13-14,16,18H,6-10H2,1H3. The quantitative estimate of drug-likeness (QED) is 0.846. The van der Waals surface area contributed by atoms with Crippen molar-refractivity contribution in [1.82, 2.24) is 9.62 Å². The maximum atomic E-state index is 12.8. The lowest BCUT2D eigenvalue weighted by atomic mass is 10.0. The first-order valence-electron chi connectivity index (χ1n) is 6.97. The number of benzene rings is 1. The van der Waals surface area contributed by atoms with Crippen molar-refractivity contribution in [3.05, 3.63) is 35.6 Å². The first kappa shape index (κ1) is 16.4. The maximum Gasteiger partial charge on any atom is 0.208 e. The summed E-state index contributed by atoms with van der Waals surface area (Å²) in [6.07, 6.45) is 1.95. The van der Waals surface area contributed by atoms with Crippen LogP contribution in [-0.2, 0) is 10.0 Å². The van der Waals surface area contributed by atoms with Crippen LogP contribution in [0.5, 0.6) is 0 Å². The van der Waals surface area contributed by atoms with Crippen molar-refractivity contribution in [1.29, 1.82) is 0 Å². The molecule has 21 heavy (non-hydrogen) atoms. The molecule has 2 N–H and O–H groups in total. The summed E-state index contributed by atoms with van der Waals surface area (Å²) in [7, 11) is -3.16. The summed E-state index contributed by atoms with van der Waals surface area (Å²) >= 11 is 0. The SMILES string of the molecule is CS(=O)(=O)NC1CCN(CC(O)c2ccc(F)cc2)CC1. The zero-order valence-corrected chi connectivity index (χ0v) is 12.8. The van der Waals surface area contributed by atoms with Crippen molar-refractivity contribution in [2.75, 3.05) is 25.9 Å². The molecule has 0 aliphatic carbocycles. The van der Waals surface area contributed by atoms with Gasteiger partial charge in [0.1, 0.15) is 5.82 Å². The number of hydrogen-bond donors (Lipinski definition) is 2. The number of nitrogens with zero attached hydrogens (tertiary/aromatic N) is 1. The zero-order valence-electron chi connectivity index (χ0n) is 12.0. The number of β-amino-alcohol motifs (C(OH)–C–C–N with tert-alkyl or cyclic N) is 1. The molecule has 1 atom stereocenters. The van der Waals surface area contributed by atoms with Gasteiger partial charge in [-0.1, -0.05) is 12.1 Å². The summed E-state index contributed by atoms with van der Waals surface area (Å²) in [5.74, 6) is -0.321. The Morgan fingerprint density at radius 1 is 1.33 bits per heavy atom. The molecular weight excluding hydrogens is 295 g/mol. The Hall–Kier alpha value is -1.02. The molecule has 0 aromatic heterocycles. The van der Waals surface area contributed by atoms with Crippen molar-refractivity contribution in [3.63, 3.8) is 0 Å². The molecule has 1 aliphatic rings. The Morgan fingerprint density at radius 2 is 1.90 bits per heavy atom. The number of nitrogens with one attached hydrogen (secondary N) is 1. The molecule has 0 amide bonds. The molecule has 1 heterocycles. The van der Waals surface area contributed by atoms with Crippen molar-refractivity contribution in [2.45, 2.75) is 25.0 Å². The van der Waals surface area contributed by atoms with E-state index in [-0.39, 0.29) is 11.9 Å². The highest BCUT2D eigenvalue weighted by atomic mass is 32.2. The molecule has 1 unspecified atom stereocenters. The molecule has 0 bridgehead atoms. The van der Waals surface area contributed by atoms with Gasteiger partial charge in [0.15, 0.2) is 0 Å². The van der Waals surface area contributed by atoms with Crippen molar-refractivity contribution < 1.29 is 17.9 Å². The Balaban J connectivity index is 1.82. The third kappa shape index (κ3) is 5.35. The van der Waals surface area contributed by atoms with E-state index in [1.165, 1.54) is 12.1 Å². The number of sulfonamides is 1. The maximum absolute atomic E-state index is 12.8. The monoisotopic (exact) mass is 316 g/mol. The Bertz CT molecular complexity index is 554. The molecule has 2 rings (SSSR count). The normalized spacial score (nSPS) is 19.6. The lowest BCUT2D eigenvalue weighted by molar-refractivity contribution is 0.0963. The van der Waals surface area contributed by atoms with Crippen LogP contribution in [0.15, 0.2) is 24.3 Å². The minimum Gasteiger partial charge on any atom is -0.387 e. The third-order valence-corrected chi connectivity index (χ3v) is 4.42. The van der Waals surface area contributed by atoms with Crippen LogP contribution in [0.1, 0.15) is 24.5 Å². The average molecular weight is 316 g/mol. The van der Waals surface area contributed by atoms with E-state index in [4.69, 9.17) is 0 Å². The smallest absolute Gasteiger partial charge is 0.208 e. The molecular formula is C14H21FN2O3S. The number of aliphatic hydroxyl groups is 1. The molecule has 0 spiro atoms. The van der Waals surface area contributed by atoms with Crippen LogP contribution in [0.25, 0.3) is 0 Å². The molecule has 1 aliphatic heterocycles. The van der Waals surface area contributed by atoms with Crippen LogP contribution in [-0.4, -0.2) is 50.4 Å². The fourth-order valence-electron chi connectivity index (χ4n) is 2.57. The predicted octanol–water partition coefficient (Wildman–Crippen LogP) is 0.873. The minimum atomic E-state index is -3.16. The van der Waals surface area contributed by atoms with E-state index in [0.29, 0.717) is 12.1 Å². The van der Waals surface area contributed by atoms with Gasteiger partial charge in [-0.3, -0.25) is 0 Å². The zero-order chi connectivity index (χ0) is 15.5. The average Bonchev–Trinajstić information content (AvgIpc) is 2.40. The summed E-state index contributed by atoms with van der Waals surface area (Å²) in [5, 5.41) is 10.1. The van der Waals surface area contributed by atoms with Gasteiger partial charge in [-0.05, 0) is 43.6 Å². The van der Waals surface area contributed by atoms with Crippen LogP contribution >= 0.6 is 0 Å². The fraction of sp³-hybridized carbons (Fsp3) is 0.571. The molecule has 0 saturated carbocycles. The molecule has 1 aromatic carbocycles. The molecule has 0 radical (unpaired) electrons. The van der Waals surface area contributed by atoms with E-state index in [9.17, 15) is 17.9 Å². The second-order valence-electron chi connectivity index (χ2n) is 5.53. The molecule has 1 fully saturated rings. The van der Waals surface area contributed by atoms with E-state index in [2.05, 4.69) is 9.62 Å². The van der Waals surface area contributed by atoms with Crippen LogP contribution < -0.4 is 4.72 Å². The molecule has 1 saturated heterocycles. The predicted molar refractivity (Wildman–Crippen MR) is 78.8 cm³/mol. The number of piperidine rings is 1. The number of hydrogen-bond acceptors (Lipinski definition) is 4. The van der Waals surface area contributed by atoms with E-state index in [0.717, 1.165) is 32.2 Å². The summed E-state index contributed by atoms with van der Waals surface area (Å²) in [6, 6.07) is 5.80. The second-order valence-corrected chi connectivity index (χ2v) is 7.31. The van der Waals surface area contributed by atoms with Gasteiger partial charge in [0.05, 0.1) is 12.4 Å². The highest BCUT2D eigenvalue weighted by Crippen LogP contribution is 2.18. The van der Waals surface area contributed by atoms with Crippen molar-refractivity contribution in [2.24, 2.45) is 0 Å². The molecule has 1 aromatic rings. The Labute approximate surface area is 124 Å². The van der Waals surface area contributed by atoms with Crippen molar-refractivity contribution in [3.8, 4) is 0 Å². The highest BCUT2D eigenvalue weighted by Gasteiger charge is 2.23. The van der Waals surface area contributed by atoms with Gasteiger partial charge in [-0.15, -0.1) is 0 Å². The lowest BCUT2D eigenvalue weighted by Gasteiger charge is -2.33. The molecule has 118 valence electrons. The number of likely N-dealkylation sites (tertiary alicyclic amines) is 1. The van der Waals surface area contributed by atoms with E-state index >= 15 is 0 Å².